The molecule has 0 aromatic heterocycles. The number of aliphatic hydroxyl groups is 1. The Morgan fingerprint density at radius 2 is 2.19 bits per heavy atom. The number of piperidine rings is 1. The molecule has 3 rings (SSSR count). The van der Waals surface area contributed by atoms with E-state index >= 15 is 0 Å². The first-order valence-corrected chi connectivity index (χ1v) is 8.78. The molecule has 1 atom stereocenters. The van der Waals surface area contributed by atoms with E-state index in [4.69, 9.17) is 11.2 Å². The molecule has 2 saturated heterocycles. The van der Waals surface area contributed by atoms with Crippen molar-refractivity contribution in [1.29, 1.82) is 0 Å². The third-order valence-electron chi connectivity index (χ3n) is 4.90. The minimum Gasteiger partial charge on any atom is -0.442 e. The Bertz CT molecular complexity index is 784. The maximum atomic E-state index is 14.7. The van der Waals surface area contributed by atoms with Crippen molar-refractivity contribution in [2.24, 2.45) is 0 Å². The zero-order chi connectivity index (χ0) is 19.6. The summed E-state index contributed by atoms with van der Waals surface area (Å²) in [6.45, 7) is 2.72. The van der Waals surface area contributed by atoms with E-state index in [1.807, 2.05) is 4.90 Å². The average molecular weight is 375 g/mol. The van der Waals surface area contributed by atoms with E-state index in [1.165, 1.54) is 17.9 Å². The predicted molar refractivity (Wildman–Crippen MR) is 97.9 cm³/mol. The standard InChI is InChI=1S/C19H22FN3O4/c1-3-19(26)6-8-22(9-7-19)17-5-4-14(10-16(17)20)23-12-15(27-18(23)25)11-21-13(2)24/h1,4-5,10,15,26H,6-9,11-12H2,2H3,(H,21,24)/t15-/m0/s1. The zero-order valence-corrected chi connectivity index (χ0v) is 15.1. The number of halogens is 1. The molecule has 2 N–H and O–H groups in total. The molecule has 2 amide bonds. The number of cyclic esters (lactones) is 1. The largest absolute Gasteiger partial charge is 0.442 e. The molecule has 1 aromatic carbocycles. The van der Waals surface area contributed by atoms with Gasteiger partial charge in [0.1, 0.15) is 17.5 Å². The molecular weight excluding hydrogens is 353 g/mol. The molecule has 0 unspecified atom stereocenters. The van der Waals surface area contributed by atoms with E-state index in [0.29, 0.717) is 37.3 Å². The molecule has 27 heavy (non-hydrogen) atoms. The summed E-state index contributed by atoms with van der Waals surface area (Å²) in [6.07, 6.45) is 5.02. The third-order valence-corrected chi connectivity index (χ3v) is 4.90. The fourth-order valence-electron chi connectivity index (χ4n) is 3.28. The Morgan fingerprint density at radius 1 is 1.48 bits per heavy atom. The topological polar surface area (TPSA) is 82.1 Å². The molecule has 0 bridgehead atoms. The summed E-state index contributed by atoms with van der Waals surface area (Å²) in [4.78, 5) is 26.2. The van der Waals surface area contributed by atoms with Gasteiger partial charge in [0.05, 0.1) is 24.5 Å². The number of amides is 2. The van der Waals surface area contributed by atoms with E-state index in [1.54, 1.807) is 12.1 Å². The maximum absolute atomic E-state index is 14.7. The van der Waals surface area contributed by atoms with Crippen LogP contribution in [0.2, 0.25) is 0 Å². The molecule has 8 heteroatoms. The Morgan fingerprint density at radius 3 is 2.78 bits per heavy atom. The number of hydrogen-bond acceptors (Lipinski definition) is 5. The second kappa shape index (κ2) is 7.45. The Hall–Kier alpha value is -2.79. The number of benzene rings is 1. The highest BCUT2D eigenvalue weighted by atomic mass is 19.1. The van der Waals surface area contributed by atoms with E-state index in [-0.39, 0.29) is 19.0 Å². The molecule has 7 nitrogen and oxygen atoms in total. The summed E-state index contributed by atoms with van der Waals surface area (Å²) in [5, 5.41) is 12.7. The SMILES string of the molecule is C#CC1(O)CCN(c2ccc(N3C[C@H](CNC(C)=O)OC3=O)cc2F)CC1. The summed E-state index contributed by atoms with van der Waals surface area (Å²) in [7, 11) is 0. The van der Waals surface area contributed by atoms with Gasteiger partial charge in [-0.2, -0.15) is 0 Å². The molecule has 2 aliphatic rings. The number of carbonyl (C=O) groups is 2. The van der Waals surface area contributed by atoms with Crippen molar-refractivity contribution in [1.82, 2.24) is 5.32 Å². The van der Waals surface area contributed by atoms with Crippen LogP contribution >= 0.6 is 0 Å². The van der Waals surface area contributed by atoms with Crippen molar-refractivity contribution in [2.75, 3.05) is 36.0 Å². The molecule has 2 fully saturated rings. The van der Waals surface area contributed by atoms with Gasteiger partial charge in [-0.3, -0.25) is 9.69 Å². The number of rotatable bonds is 4. The van der Waals surface area contributed by atoms with Crippen molar-refractivity contribution < 1.29 is 23.8 Å². The number of nitrogens with one attached hydrogen (secondary N) is 1. The molecule has 2 heterocycles. The first kappa shape index (κ1) is 19.0. The molecular formula is C19H22FN3O4. The van der Waals surface area contributed by atoms with Gasteiger partial charge in [0.2, 0.25) is 5.91 Å². The van der Waals surface area contributed by atoms with Crippen LogP contribution in [-0.4, -0.2) is 55.0 Å². The summed E-state index contributed by atoms with van der Waals surface area (Å²) in [6, 6.07) is 4.56. The van der Waals surface area contributed by atoms with Crippen LogP contribution in [0, 0.1) is 18.2 Å². The van der Waals surface area contributed by atoms with Crippen LogP contribution in [0.5, 0.6) is 0 Å². The summed E-state index contributed by atoms with van der Waals surface area (Å²) in [5.74, 6) is 1.72. The Kier molecular flexibility index (Phi) is 5.24. The van der Waals surface area contributed by atoms with Crippen LogP contribution in [0.25, 0.3) is 0 Å². The quantitative estimate of drug-likeness (QED) is 0.774. The lowest BCUT2D eigenvalue weighted by Crippen LogP contribution is -2.43. The lowest BCUT2D eigenvalue weighted by Gasteiger charge is -2.36. The fraction of sp³-hybridized carbons (Fsp3) is 0.474. The number of terminal acetylenes is 1. The van der Waals surface area contributed by atoms with Gasteiger partial charge in [-0.15, -0.1) is 6.42 Å². The third kappa shape index (κ3) is 4.14. The van der Waals surface area contributed by atoms with Crippen LogP contribution in [0.15, 0.2) is 18.2 Å². The zero-order valence-electron chi connectivity index (χ0n) is 15.1. The van der Waals surface area contributed by atoms with Gasteiger partial charge in [0.25, 0.3) is 0 Å². The normalized spacial score (nSPS) is 21.6. The second-order valence-electron chi connectivity index (χ2n) is 6.85. The number of anilines is 2. The van der Waals surface area contributed by atoms with Gasteiger partial charge in [0, 0.05) is 32.9 Å². The van der Waals surface area contributed by atoms with Crippen molar-refractivity contribution in [3.63, 3.8) is 0 Å². The number of carbonyl (C=O) groups excluding carboxylic acids is 2. The maximum Gasteiger partial charge on any atom is 0.414 e. The predicted octanol–water partition coefficient (Wildman–Crippen LogP) is 1.25. The first-order valence-electron chi connectivity index (χ1n) is 8.78. The molecule has 0 radical (unpaired) electrons. The number of nitrogens with zero attached hydrogens (tertiary/aromatic N) is 2. The lowest BCUT2D eigenvalue weighted by molar-refractivity contribution is -0.119. The Balaban J connectivity index is 1.68. The highest BCUT2D eigenvalue weighted by Crippen LogP contribution is 2.31. The van der Waals surface area contributed by atoms with Crippen LogP contribution < -0.4 is 15.1 Å². The highest BCUT2D eigenvalue weighted by Gasteiger charge is 2.34. The van der Waals surface area contributed by atoms with Crippen LogP contribution in [0.4, 0.5) is 20.6 Å². The van der Waals surface area contributed by atoms with Gasteiger partial charge in [-0.1, -0.05) is 5.92 Å². The minimum atomic E-state index is -1.13. The second-order valence-corrected chi connectivity index (χ2v) is 6.85. The fourth-order valence-corrected chi connectivity index (χ4v) is 3.28. The molecule has 2 aliphatic heterocycles. The average Bonchev–Trinajstić information content (AvgIpc) is 3.02. The summed E-state index contributed by atoms with van der Waals surface area (Å²) < 4.78 is 19.9. The van der Waals surface area contributed by atoms with Crippen molar-refractivity contribution in [3.8, 4) is 12.3 Å². The monoisotopic (exact) mass is 375 g/mol. The van der Waals surface area contributed by atoms with E-state index in [2.05, 4.69) is 11.2 Å². The summed E-state index contributed by atoms with van der Waals surface area (Å²) >= 11 is 0. The number of ether oxygens (including phenoxy) is 1. The molecule has 0 aliphatic carbocycles. The summed E-state index contributed by atoms with van der Waals surface area (Å²) in [5.41, 5.74) is -0.335. The smallest absolute Gasteiger partial charge is 0.414 e. The van der Waals surface area contributed by atoms with Crippen molar-refractivity contribution in [3.05, 3.63) is 24.0 Å². The van der Waals surface area contributed by atoms with Gasteiger partial charge in [-0.05, 0) is 18.2 Å². The van der Waals surface area contributed by atoms with E-state index < -0.39 is 23.6 Å². The number of hydrogen-bond donors (Lipinski definition) is 2. The highest BCUT2D eigenvalue weighted by molar-refractivity contribution is 5.90. The van der Waals surface area contributed by atoms with Crippen LogP contribution in [0.1, 0.15) is 19.8 Å². The van der Waals surface area contributed by atoms with Crippen LogP contribution in [-0.2, 0) is 9.53 Å². The minimum absolute atomic E-state index is 0.210. The van der Waals surface area contributed by atoms with Gasteiger partial charge < -0.3 is 20.1 Å². The first-order chi connectivity index (χ1) is 12.8. The van der Waals surface area contributed by atoms with Gasteiger partial charge >= 0.3 is 6.09 Å². The molecule has 0 saturated carbocycles. The molecule has 1 aromatic rings. The van der Waals surface area contributed by atoms with Crippen LogP contribution in [0.3, 0.4) is 0 Å². The van der Waals surface area contributed by atoms with E-state index in [0.717, 1.165) is 0 Å². The molecule has 144 valence electrons. The van der Waals surface area contributed by atoms with Gasteiger partial charge in [-0.25, -0.2) is 9.18 Å². The van der Waals surface area contributed by atoms with Crippen molar-refractivity contribution >= 4 is 23.4 Å². The Labute approximate surface area is 157 Å². The lowest BCUT2D eigenvalue weighted by atomic mass is 9.92. The van der Waals surface area contributed by atoms with E-state index in [9.17, 15) is 19.1 Å². The van der Waals surface area contributed by atoms with Gasteiger partial charge in [0.15, 0.2) is 0 Å². The van der Waals surface area contributed by atoms with Crippen molar-refractivity contribution in [2.45, 2.75) is 31.5 Å². The molecule has 0 spiro atoms.